The fourth-order valence-corrected chi connectivity index (χ4v) is 1.98. The van der Waals surface area contributed by atoms with Crippen molar-refractivity contribution < 1.29 is 4.79 Å². The summed E-state index contributed by atoms with van der Waals surface area (Å²) in [6, 6.07) is 0. The Morgan fingerprint density at radius 3 is 2.00 bits per heavy atom. The van der Waals surface area contributed by atoms with Gasteiger partial charge in [-0.3, -0.25) is 0 Å². The number of rotatable bonds is 1. The summed E-state index contributed by atoms with van der Waals surface area (Å²) < 4.78 is 0. The zero-order valence-electron chi connectivity index (χ0n) is 6.84. The van der Waals surface area contributed by atoms with E-state index in [4.69, 9.17) is 0 Å². The quantitative estimate of drug-likeness (QED) is 0.510. The van der Waals surface area contributed by atoms with E-state index in [1.165, 1.54) is 19.3 Å². The topological polar surface area (TPSA) is 17.1 Å². The van der Waals surface area contributed by atoms with Crippen molar-refractivity contribution >= 4 is 6.29 Å². The predicted octanol–water partition coefficient (Wildman–Crippen LogP) is 2.26. The van der Waals surface area contributed by atoms with Crippen molar-refractivity contribution in [3.8, 4) is 0 Å². The average molecular weight is 140 g/mol. The highest BCUT2D eigenvalue weighted by Crippen LogP contribution is 2.32. The van der Waals surface area contributed by atoms with Gasteiger partial charge in [-0.25, -0.2) is 0 Å². The third-order valence-corrected chi connectivity index (χ3v) is 2.79. The summed E-state index contributed by atoms with van der Waals surface area (Å²) in [5.41, 5.74) is 0. The van der Waals surface area contributed by atoms with Crippen LogP contribution in [-0.4, -0.2) is 6.29 Å². The first-order valence-corrected chi connectivity index (χ1v) is 4.21. The van der Waals surface area contributed by atoms with E-state index < -0.39 is 0 Å². The molecule has 0 spiro atoms. The van der Waals surface area contributed by atoms with E-state index >= 15 is 0 Å². The van der Waals surface area contributed by atoms with E-state index in [1.807, 2.05) is 0 Å². The van der Waals surface area contributed by atoms with Crippen LogP contribution < -0.4 is 0 Å². The zero-order valence-corrected chi connectivity index (χ0v) is 6.84. The maximum absolute atomic E-state index is 10.6. The maximum Gasteiger partial charge on any atom is 0.123 e. The summed E-state index contributed by atoms with van der Waals surface area (Å²) in [6.07, 6.45) is 4.95. The van der Waals surface area contributed by atoms with Crippen molar-refractivity contribution in [2.24, 2.45) is 17.8 Å². The molecular formula is C9H16O. The second kappa shape index (κ2) is 3.18. The summed E-state index contributed by atoms with van der Waals surface area (Å²) >= 11 is 0. The summed E-state index contributed by atoms with van der Waals surface area (Å²) in [4.78, 5) is 10.6. The minimum absolute atomic E-state index is 0.341. The summed E-state index contributed by atoms with van der Waals surface area (Å²) in [7, 11) is 0. The monoisotopic (exact) mass is 140 g/mol. The van der Waals surface area contributed by atoms with Crippen LogP contribution in [0.3, 0.4) is 0 Å². The highest BCUT2D eigenvalue weighted by Gasteiger charge is 2.26. The molecule has 1 saturated carbocycles. The standard InChI is InChI=1S/C9H16O/c1-7-4-3-5-8(2)9(7)6-10/h6-9H,3-5H2,1-2H3/t7-,8+,9?. The van der Waals surface area contributed by atoms with Gasteiger partial charge in [0, 0.05) is 5.92 Å². The fraction of sp³-hybridized carbons (Fsp3) is 0.889. The highest BCUT2D eigenvalue weighted by molar-refractivity contribution is 5.54. The number of hydrogen-bond donors (Lipinski definition) is 0. The molecule has 0 aliphatic heterocycles. The lowest BCUT2D eigenvalue weighted by Gasteiger charge is -2.30. The lowest BCUT2D eigenvalue weighted by molar-refractivity contribution is -0.114. The van der Waals surface area contributed by atoms with Crippen LogP contribution >= 0.6 is 0 Å². The van der Waals surface area contributed by atoms with Crippen molar-refractivity contribution in [1.82, 2.24) is 0 Å². The van der Waals surface area contributed by atoms with E-state index in [0.29, 0.717) is 17.8 Å². The molecule has 1 unspecified atom stereocenters. The molecule has 0 aromatic heterocycles. The predicted molar refractivity (Wildman–Crippen MR) is 41.7 cm³/mol. The Labute approximate surface area is 62.8 Å². The Morgan fingerprint density at radius 2 is 1.70 bits per heavy atom. The zero-order chi connectivity index (χ0) is 7.56. The van der Waals surface area contributed by atoms with Crippen LogP contribution in [0.2, 0.25) is 0 Å². The van der Waals surface area contributed by atoms with Gasteiger partial charge in [-0.05, 0) is 11.8 Å². The van der Waals surface area contributed by atoms with Crippen molar-refractivity contribution in [3.63, 3.8) is 0 Å². The molecule has 0 aromatic carbocycles. The van der Waals surface area contributed by atoms with E-state index in [-0.39, 0.29) is 0 Å². The Balaban J connectivity index is 2.53. The minimum atomic E-state index is 0.341. The van der Waals surface area contributed by atoms with Gasteiger partial charge in [0.05, 0.1) is 0 Å². The van der Waals surface area contributed by atoms with Crippen LogP contribution in [0.5, 0.6) is 0 Å². The second-order valence-corrected chi connectivity index (χ2v) is 3.60. The third-order valence-electron chi connectivity index (χ3n) is 2.79. The van der Waals surface area contributed by atoms with Gasteiger partial charge in [0.2, 0.25) is 0 Å². The molecule has 1 fully saturated rings. The first-order chi connectivity index (χ1) is 4.75. The molecule has 1 nitrogen and oxygen atoms in total. The van der Waals surface area contributed by atoms with Gasteiger partial charge < -0.3 is 4.79 Å². The molecule has 58 valence electrons. The summed E-state index contributed by atoms with van der Waals surface area (Å²) in [5.74, 6) is 1.59. The number of hydrogen-bond acceptors (Lipinski definition) is 1. The molecule has 1 heteroatoms. The molecule has 0 heterocycles. The number of aldehydes is 1. The van der Waals surface area contributed by atoms with Crippen LogP contribution in [0.15, 0.2) is 0 Å². The molecule has 1 rings (SSSR count). The van der Waals surface area contributed by atoms with Gasteiger partial charge in [0.25, 0.3) is 0 Å². The lowest BCUT2D eigenvalue weighted by atomic mass is 9.74. The van der Waals surface area contributed by atoms with Gasteiger partial charge in [0.1, 0.15) is 6.29 Å². The molecule has 0 radical (unpaired) electrons. The fourth-order valence-electron chi connectivity index (χ4n) is 1.98. The molecule has 0 bridgehead atoms. The van der Waals surface area contributed by atoms with Crippen molar-refractivity contribution in [2.45, 2.75) is 33.1 Å². The second-order valence-electron chi connectivity index (χ2n) is 3.60. The van der Waals surface area contributed by atoms with Gasteiger partial charge >= 0.3 is 0 Å². The average Bonchev–Trinajstić information content (AvgIpc) is 1.88. The minimum Gasteiger partial charge on any atom is -0.303 e. The molecular weight excluding hydrogens is 124 g/mol. The molecule has 0 amide bonds. The Bertz CT molecular complexity index is 110. The van der Waals surface area contributed by atoms with Crippen LogP contribution in [0.1, 0.15) is 33.1 Å². The van der Waals surface area contributed by atoms with Crippen molar-refractivity contribution in [2.75, 3.05) is 0 Å². The molecule has 10 heavy (non-hydrogen) atoms. The first kappa shape index (κ1) is 7.77. The maximum atomic E-state index is 10.6. The molecule has 0 N–H and O–H groups in total. The van der Waals surface area contributed by atoms with Gasteiger partial charge in [-0.1, -0.05) is 33.1 Å². The van der Waals surface area contributed by atoms with Gasteiger partial charge in [-0.15, -0.1) is 0 Å². The molecule has 0 aromatic rings. The Hall–Kier alpha value is -0.330. The van der Waals surface area contributed by atoms with E-state index in [1.54, 1.807) is 0 Å². The van der Waals surface area contributed by atoms with Crippen LogP contribution in [0.4, 0.5) is 0 Å². The van der Waals surface area contributed by atoms with E-state index in [9.17, 15) is 4.79 Å². The van der Waals surface area contributed by atoms with Crippen molar-refractivity contribution in [3.05, 3.63) is 0 Å². The highest BCUT2D eigenvalue weighted by atomic mass is 16.1. The van der Waals surface area contributed by atoms with Crippen LogP contribution in [0, 0.1) is 17.8 Å². The smallest absolute Gasteiger partial charge is 0.123 e. The molecule has 3 atom stereocenters. The molecule has 1 aliphatic carbocycles. The molecule has 1 aliphatic rings. The third kappa shape index (κ3) is 1.39. The van der Waals surface area contributed by atoms with Gasteiger partial charge in [-0.2, -0.15) is 0 Å². The Kier molecular flexibility index (Phi) is 2.47. The first-order valence-electron chi connectivity index (χ1n) is 4.21. The van der Waals surface area contributed by atoms with Gasteiger partial charge in [0.15, 0.2) is 0 Å². The number of carbonyl (C=O) groups is 1. The van der Waals surface area contributed by atoms with Crippen LogP contribution in [0.25, 0.3) is 0 Å². The molecule has 0 saturated heterocycles. The van der Waals surface area contributed by atoms with E-state index in [2.05, 4.69) is 13.8 Å². The Morgan fingerprint density at radius 1 is 1.20 bits per heavy atom. The number of carbonyl (C=O) groups excluding carboxylic acids is 1. The summed E-state index contributed by atoms with van der Waals surface area (Å²) in [6.45, 7) is 4.38. The largest absolute Gasteiger partial charge is 0.303 e. The van der Waals surface area contributed by atoms with Crippen LogP contribution in [-0.2, 0) is 4.79 Å². The summed E-state index contributed by atoms with van der Waals surface area (Å²) in [5, 5.41) is 0. The van der Waals surface area contributed by atoms with E-state index in [0.717, 1.165) is 6.29 Å². The van der Waals surface area contributed by atoms with Crippen molar-refractivity contribution in [1.29, 1.82) is 0 Å². The SMILES string of the molecule is C[C@@H]1CCC[C@H](C)C1C=O. The normalized spacial score (nSPS) is 41.2. The lowest BCUT2D eigenvalue weighted by Crippen LogP contribution is -2.25.